The van der Waals surface area contributed by atoms with Crippen LogP contribution in [0.4, 0.5) is 0 Å². The number of carboxylic acids is 1. The Labute approximate surface area is 121 Å². The summed E-state index contributed by atoms with van der Waals surface area (Å²) in [6.45, 7) is -0.137. The van der Waals surface area contributed by atoms with Gasteiger partial charge in [0.25, 0.3) is 10.0 Å². The van der Waals surface area contributed by atoms with E-state index in [1.165, 1.54) is 16.4 Å². The molecule has 0 radical (unpaired) electrons. The lowest BCUT2D eigenvalue weighted by Crippen LogP contribution is -2.45. The Kier molecular flexibility index (Phi) is 4.79. The molecule has 0 spiro atoms. The van der Waals surface area contributed by atoms with E-state index in [2.05, 4.69) is 0 Å². The zero-order valence-electron chi connectivity index (χ0n) is 10.9. The van der Waals surface area contributed by atoms with Crippen molar-refractivity contribution in [3.05, 3.63) is 17.0 Å². The van der Waals surface area contributed by atoms with Crippen molar-refractivity contribution in [1.29, 1.82) is 0 Å². The maximum atomic E-state index is 12.5. The number of hydrogen-bond acceptors (Lipinski definition) is 5. The van der Waals surface area contributed by atoms with Gasteiger partial charge in [0, 0.05) is 17.5 Å². The summed E-state index contributed by atoms with van der Waals surface area (Å²) in [5, 5.41) is 17.8. The predicted octanol–water partition coefficient (Wildman–Crippen LogP) is 0.911. The van der Waals surface area contributed by atoms with E-state index >= 15 is 0 Å². The number of sulfonamides is 1. The van der Waals surface area contributed by atoms with Gasteiger partial charge < -0.3 is 10.2 Å². The molecule has 1 aromatic rings. The van der Waals surface area contributed by atoms with E-state index in [4.69, 9.17) is 10.2 Å². The van der Waals surface area contributed by atoms with Crippen molar-refractivity contribution in [2.24, 2.45) is 0 Å². The number of aliphatic hydroxyl groups excluding tert-OH is 1. The van der Waals surface area contributed by atoms with Crippen LogP contribution in [-0.4, -0.2) is 48.1 Å². The lowest BCUT2D eigenvalue weighted by Gasteiger charge is -2.35. The molecule has 20 heavy (non-hydrogen) atoms. The molecule has 2 rings (SSSR count). The minimum Gasteiger partial charge on any atom is -0.481 e. The van der Waals surface area contributed by atoms with E-state index in [0.29, 0.717) is 4.88 Å². The molecule has 8 heteroatoms. The molecule has 0 aliphatic heterocycles. The number of rotatable bonds is 7. The monoisotopic (exact) mass is 319 g/mol. The number of thiophene rings is 1. The maximum absolute atomic E-state index is 12.5. The molecule has 0 bridgehead atoms. The highest BCUT2D eigenvalue weighted by Gasteiger charge is 2.35. The topological polar surface area (TPSA) is 94.9 Å². The Hall–Kier alpha value is -0.960. The van der Waals surface area contributed by atoms with Crippen LogP contribution in [0.3, 0.4) is 0 Å². The maximum Gasteiger partial charge on any atom is 0.308 e. The lowest BCUT2D eigenvalue weighted by atomic mass is 9.93. The van der Waals surface area contributed by atoms with Gasteiger partial charge in [0.1, 0.15) is 4.21 Å². The average molecular weight is 319 g/mol. The first-order chi connectivity index (χ1) is 9.45. The van der Waals surface area contributed by atoms with Gasteiger partial charge in [0.05, 0.1) is 13.0 Å². The fourth-order valence-corrected chi connectivity index (χ4v) is 5.28. The third-order valence-corrected chi connectivity index (χ3v) is 6.83. The molecule has 6 nitrogen and oxygen atoms in total. The molecule has 1 heterocycles. The minimum atomic E-state index is -3.64. The number of aliphatic carboxylic acids is 1. The van der Waals surface area contributed by atoms with Crippen LogP contribution in [0.2, 0.25) is 0 Å². The van der Waals surface area contributed by atoms with Gasteiger partial charge in [-0.25, -0.2) is 8.42 Å². The summed E-state index contributed by atoms with van der Waals surface area (Å²) in [5.41, 5.74) is 0. The summed E-state index contributed by atoms with van der Waals surface area (Å²) in [6, 6.07) is 2.93. The van der Waals surface area contributed by atoms with Crippen LogP contribution in [0.25, 0.3) is 0 Å². The first-order valence-electron chi connectivity index (χ1n) is 6.38. The largest absolute Gasteiger partial charge is 0.481 e. The number of hydrogen-bond donors (Lipinski definition) is 2. The predicted molar refractivity (Wildman–Crippen MR) is 74.3 cm³/mol. The van der Waals surface area contributed by atoms with Gasteiger partial charge in [-0.3, -0.25) is 4.79 Å². The van der Waals surface area contributed by atoms with Gasteiger partial charge in [-0.15, -0.1) is 11.3 Å². The fraction of sp³-hybridized carbons (Fsp3) is 0.583. The molecular weight excluding hydrogens is 302 g/mol. The molecule has 1 aromatic heterocycles. The molecule has 0 saturated heterocycles. The van der Waals surface area contributed by atoms with Crippen molar-refractivity contribution < 1.29 is 23.4 Å². The Balaban J connectivity index is 2.22. The van der Waals surface area contributed by atoms with E-state index in [-0.39, 0.29) is 29.8 Å². The van der Waals surface area contributed by atoms with Crippen LogP contribution in [0, 0.1) is 0 Å². The van der Waals surface area contributed by atoms with Crippen molar-refractivity contribution >= 4 is 27.3 Å². The summed E-state index contributed by atoms with van der Waals surface area (Å²) < 4.78 is 26.6. The Morgan fingerprint density at radius 3 is 2.60 bits per heavy atom. The summed E-state index contributed by atoms with van der Waals surface area (Å²) in [7, 11) is -3.64. The van der Waals surface area contributed by atoms with Gasteiger partial charge in [-0.1, -0.05) is 6.42 Å². The van der Waals surface area contributed by atoms with Crippen LogP contribution in [0.15, 0.2) is 16.3 Å². The summed E-state index contributed by atoms with van der Waals surface area (Å²) >= 11 is 0.982. The highest BCUT2D eigenvalue weighted by atomic mass is 32.2. The lowest BCUT2D eigenvalue weighted by molar-refractivity contribution is -0.136. The smallest absolute Gasteiger partial charge is 0.308 e. The third-order valence-electron chi connectivity index (χ3n) is 3.33. The molecule has 0 atom stereocenters. The highest BCUT2D eigenvalue weighted by molar-refractivity contribution is 7.91. The molecule has 112 valence electrons. The highest BCUT2D eigenvalue weighted by Crippen LogP contribution is 2.32. The van der Waals surface area contributed by atoms with Crippen molar-refractivity contribution in [2.75, 3.05) is 13.2 Å². The van der Waals surface area contributed by atoms with Gasteiger partial charge >= 0.3 is 5.97 Å². The summed E-state index contributed by atoms with van der Waals surface area (Å²) in [6.07, 6.45) is 2.44. The van der Waals surface area contributed by atoms with Crippen molar-refractivity contribution in [3.63, 3.8) is 0 Å². The first-order valence-corrected chi connectivity index (χ1v) is 8.64. The Morgan fingerprint density at radius 2 is 2.10 bits per heavy atom. The normalized spacial score (nSPS) is 16.3. The zero-order chi connectivity index (χ0) is 14.8. The first kappa shape index (κ1) is 15.4. The van der Waals surface area contributed by atoms with E-state index in [1.54, 1.807) is 0 Å². The SMILES string of the molecule is O=C(O)Cc1ccc(S(=O)(=O)N(CCO)C2CCC2)s1. The fourth-order valence-electron chi connectivity index (χ4n) is 2.13. The third kappa shape index (κ3) is 3.20. The van der Waals surface area contributed by atoms with Gasteiger partial charge in [-0.05, 0) is 25.0 Å². The zero-order valence-corrected chi connectivity index (χ0v) is 12.5. The Bertz CT molecular complexity index is 576. The number of carbonyl (C=O) groups is 1. The molecule has 0 amide bonds. The molecule has 0 unspecified atom stereocenters. The Morgan fingerprint density at radius 1 is 1.40 bits per heavy atom. The standard InChI is InChI=1S/C12H17NO5S2/c14-7-6-13(9-2-1-3-9)20(17,18)12-5-4-10(19-12)8-11(15)16/h4-5,9,14H,1-3,6-8H2,(H,15,16). The molecular formula is C12H17NO5S2. The number of carboxylic acid groups (broad SMARTS) is 1. The van der Waals surface area contributed by atoms with Crippen LogP contribution < -0.4 is 0 Å². The molecule has 0 aromatic carbocycles. The van der Waals surface area contributed by atoms with Crippen molar-refractivity contribution in [3.8, 4) is 0 Å². The van der Waals surface area contributed by atoms with E-state index in [1.807, 2.05) is 0 Å². The van der Waals surface area contributed by atoms with Crippen LogP contribution >= 0.6 is 11.3 Å². The van der Waals surface area contributed by atoms with Crippen molar-refractivity contribution in [1.82, 2.24) is 4.31 Å². The summed E-state index contributed by atoms with van der Waals surface area (Å²) in [4.78, 5) is 11.1. The van der Waals surface area contributed by atoms with Crippen molar-refractivity contribution in [2.45, 2.75) is 35.9 Å². The van der Waals surface area contributed by atoms with E-state index < -0.39 is 16.0 Å². The number of aliphatic hydroxyl groups is 1. The summed E-state index contributed by atoms with van der Waals surface area (Å²) in [5.74, 6) is -0.984. The second-order valence-corrected chi connectivity index (χ2v) is 8.00. The van der Waals surface area contributed by atoms with Crippen LogP contribution in [0.5, 0.6) is 0 Å². The quantitative estimate of drug-likeness (QED) is 0.779. The molecule has 2 N–H and O–H groups in total. The van der Waals surface area contributed by atoms with E-state index in [0.717, 1.165) is 30.6 Å². The minimum absolute atomic E-state index is 0.0443. The molecule has 1 saturated carbocycles. The molecule has 1 aliphatic rings. The van der Waals surface area contributed by atoms with E-state index in [9.17, 15) is 13.2 Å². The second-order valence-electron chi connectivity index (χ2n) is 4.72. The number of nitrogens with zero attached hydrogens (tertiary/aromatic N) is 1. The second kappa shape index (κ2) is 6.21. The van der Waals surface area contributed by atoms with Gasteiger partial charge in [0.15, 0.2) is 0 Å². The van der Waals surface area contributed by atoms with Gasteiger partial charge in [-0.2, -0.15) is 4.31 Å². The molecule has 1 fully saturated rings. The molecule has 1 aliphatic carbocycles. The average Bonchev–Trinajstić information content (AvgIpc) is 2.74. The van der Waals surface area contributed by atoms with Crippen LogP contribution in [0.1, 0.15) is 24.1 Å². The van der Waals surface area contributed by atoms with Gasteiger partial charge in [0.2, 0.25) is 0 Å². The van der Waals surface area contributed by atoms with Crippen LogP contribution in [-0.2, 0) is 21.2 Å².